The van der Waals surface area contributed by atoms with E-state index in [9.17, 15) is 32.3 Å². The Morgan fingerprint density at radius 1 is 1.16 bits per heavy atom. The van der Waals surface area contributed by atoms with Crippen molar-refractivity contribution in [2.24, 2.45) is 5.73 Å². The number of nitrogens with zero attached hydrogens (tertiary/aromatic N) is 1. The molecule has 0 radical (unpaired) electrons. The fourth-order valence-electron chi connectivity index (χ4n) is 3.80. The Hall–Kier alpha value is -3.36. The minimum atomic E-state index is -4.56. The zero-order valence-corrected chi connectivity index (χ0v) is 16.8. The number of alkyl halides is 3. The lowest BCUT2D eigenvalue weighted by atomic mass is 9.91. The summed E-state index contributed by atoms with van der Waals surface area (Å²) in [7, 11) is 0. The van der Waals surface area contributed by atoms with Crippen LogP contribution in [0.3, 0.4) is 0 Å². The van der Waals surface area contributed by atoms with E-state index in [-0.39, 0.29) is 16.5 Å². The van der Waals surface area contributed by atoms with Crippen molar-refractivity contribution in [2.45, 2.75) is 38.8 Å². The molecule has 0 fully saturated rings. The Kier molecular flexibility index (Phi) is 5.80. The Balaban J connectivity index is 2.25. The quantitative estimate of drug-likeness (QED) is 0.560. The van der Waals surface area contributed by atoms with Crippen molar-refractivity contribution < 1.29 is 32.3 Å². The van der Waals surface area contributed by atoms with Crippen molar-refractivity contribution in [3.63, 3.8) is 0 Å². The molecule has 0 aliphatic carbocycles. The van der Waals surface area contributed by atoms with Crippen molar-refractivity contribution in [2.75, 3.05) is 0 Å². The Morgan fingerprint density at radius 2 is 1.77 bits per heavy atom. The van der Waals surface area contributed by atoms with Crippen LogP contribution in [0.1, 0.15) is 52.9 Å². The smallest absolute Gasteiger partial charge is 0.416 e. The Labute approximate surface area is 175 Å². The number of fused-ring (bicyclic) bond motifs is 1. The van der Waals surface area contributed by atoms with Gasteiger partial charge < -0.3 is 10.8 Å². The molecule has 3 N–H and O–H groups in total. The molecule has 31 heavy (non-hydrogen) atoms. The van der Waals surface area contributed by atoms with Gasteiger partial charge in [-0.15, -0.1) is 0 Å². The van der Waals surface area contributed by atoms with Crippen molar-refractivity contribution in [3.8, 4) is 5.75 Å². The van der Waals surface area contributed by atoms with Gasteiger partial charge >= 0.3 is 6.18 Å². The number of phenolic OH excluding ortho intramolecular Hbond substituents is 1. The van der Waals surface area contributed by atoms with Crippen LogP contribution in [0, 0.1) is 12.7 Å². The van der Waals surface area contributed by atoms with Gasteiger partial charge in [0.05, 0.1) is 17.0 Å². The standard InChI is InChI=1S/C22H20F4N2O3/c1-3-4-14(20(27)30)19-11(2)28(17-10-16(23)18(29)9-15(17)19)21(31)12-5-7-13(8-6-12)22(24,25)26/h5-10,14,29H,3-4H2,1-2H3,(H2,27,30). The number of hydrogen-bond donors (Lipinski definition) is 2. The van der Waals surface area contributed by atoms with Gasteiger partial charge in [0.25, 0.3) is 5.91 Å². The van der Waals surface area contributed by atoms with E-state index in [2.05, 4.69) is 0 Å². The first kappa shape index (κ1) is 22.3. The van der Waals surface area contributed by atoms with Gasteiger partial charge in [-0.25, -0.2) is 4.39 Å². The van der Waals surface area contributed by atoms with Gasteiger partial charge in [-0.05, 0) is 49.2 Å². The molecule has 164 valence electrons. The molecule has 1 unspecified atom stereocenters. The number of halogens is 4. The Bertz CT molecular complexity index is 1160. The molecule has 0 saturated heterocycles. The highest BCUT2D eigenvalue weighted by Gasteiger charge is 2.31. The van der Waals surface area contributed by atoms with Gasteiger partial charge in [0.1, 0.15) is 0 Å². The molecule has 1 atom stereocenters. The fourth-order valence-corrected chi connectivity index (χ4v) is 3.80. The van der Waals surface area contributed by atoms with Crippen LogP contribution in [-0.4, -0.2) is 21.5 Å². The number of carbonyl (C=O) groups is 2. The minimum absolute atomic E-state index is 0.0563. The van der Waals surface area contributed by atoms with Crippen LogP contribution in [-0.2, 0) is 11.0 Å². The third-order valence-electron chi connectivity index (χ3n) is 5.25. The third kappa shape index (κ3) is 3.99. The lowest BCUT2D eigenvalue weighted by Crippen LogP contribution is -2.22. The summed E-state index contributed by atoms with van der Waals surface area (Å²) in [6, 6.07) is 5.70. The van der Waals surface area contributed by atoms with Gasteiger partial charge in [-0.3, -0.25) is 14.2 Å². The summed E-state index contributed by atoms with van der Waals surface area (Å²) in [5.41, 5.74) is 5.34. The first-order valence-corrected chi connectivity index (χ1v) is 9.52. The zero-order valence-electron chi connectivity index (χ0n) is 16.8. The van der Waals surface area contributed by atoms with Crippen LogP contribution in [0.25, 0.3) is 10.9 Å². The molecule has 0 saturated carbocycles. The van der Waals surface area contributed by atoms with Crippen LogP contribution < -0.4 is 5.73 Å². The normalized spacial score (nSPS) is 12.8. The molecule has 1 amide bonds. The highest BCUT2D eigenvalue weighted by Crippen LogP contribution is 2.37. The summed E-state index contributed by atoms with van der Waals surface area (Å²) in [6.07, 6.45) is -3.60. The second-order valence-corrected chi connectivity index (χ2v) is 7.28. The van der Waals surface area contributed by atoms with E-state index in [1.165, 1.54) is 6.92 Å². The molecule has 9 heteroatoms. The van der Waals surface area contributed by atoms with E-state index < -0.39 is 41.0 Å². The van der Waals surface area contributed by atoms with E-state index in [1.807, 2.05) is 6.92 Å². The second-order valence-electron chi connectivity index (χ2n) is 7.28. The first-order valence-electron chi connectivity index (χ1n) is 9.52. The van der Waals surface area contributed by atoms with Crippen LogP contribution in [0.2, 0.25) is 0 Å². The van der Waals surface area contributed by atoms with Crippen molar-refractivity contribution in [3.05, 3.63) is 64.6 Å². The minimum Gasteiger partial charge on any atom is -0.505 e. The first-order chi connectivity index (χ1) is 14.5. The number of nitrogens with two attached hydrogens (primary N) is 1. The second kappa shape index (κ2) is 8.05. The largest absolute Gasteiger partial charge is 0.505 e. The maximum atomic E-state index is 14.1. The number of phenols is 1. The summed E-state index contributed by atoms with van der Waals surface area (Å²) in [6.45, 7) is 3.38. The predicted molar refractivity (Wildman–Crippen MR) is 106 cm³/mol. The molecule has 5 nitrogen and oxygen atoms in total. The SMILES string of the molecule is CCCC(C(N)=O)c1c(C)n(C(=O)c2ccc(C(F)(F)F)cc2)c2cc(F)c(O)cc12. The van der Waals surface area contributed by atoms with Crippen LogP contribution in [0.4, 0.5) is 17.6 Å². The topological polar surface area (TPSA) is 85.3 Å². The van der Waals surface area contributed by atoms with Crippen molar-refractivity contribution >= 4 is 22.7 Å². The number of primary amides is 1. The van der Waals surface area contributed by atoms with Crippen LogP contribution in [0.5, 0.6) is 5.75 Å². The monoisotopic (exact) mass is 436 g/mol. The highest BCUT2D eigenvalue weighted by molar-refractivity contribution is 6.05. The number of carbonyl (C=O) groups excluding carboxylic acids is 2. The molecule has 0 bridgehead atoms. The van der Waals surface area contributed by atoms with E-state index in [0.29, 0.717) is 24.1 Å². The maximum Gasteiger partial charge on any atom is 0.416 e. The van der Waals surface area contributed by atoms with Gasteiger partial charge in [0.2, 0.25) is 5.91 Å². The average molecular weight is 436 g/mol. The third-order valence-corrected chi connectivity index (χ3v) is 5.25. The van der Waals surface area contributed by atoms with Gasteiger partial charge in [0.15, 0.2) is 11.6 Å². The molecule has 3 rings (SSSR count). The highest BCUT2D eigenvalue weighted by atomic mass is 19.4. The number of aromatic nitrogens is 1. The zero-order chi connectivity index (χ0) is 23.1. The molecule has 0 aliphatic heterocycles. The number of amides is 1. The Morgan fingerprint density at radius 3 is 2.29 bits per heavy atom. The van der Waals surface area contributed by atoms with Crippen LogP contribution in [0.15, 0.2) is 36.4 Å². The number of benzene rings is 2. The lowest BCUT2D eigenvalue weighted by molar-refractivity contribution is -0.137. The lowest BCUT2D eigenvalue weighted by Gasteiger charge is -2.14. The van der Waals surface area contributed by atoms with E-state index >= 15 is 0 Å². The summed E-state index contributed by atoms with van der Waals surface area (Å²) in [5.74, 6) is -3.78. The van der Waals surface area contributed by atoms with Crippen molar-refractivity contribution in [1.29, 1.82) is 0 Å². The molecule has 1 aromatic heterocycles. The fraction of sp³-hybridized carbons (Fsp3) is 0.273. The van der Waals surface area contributed by atoms with E-state index in [4.69, 9.17) is 5.73 Å². The summed E-state index contributed by atoms with van der Waals surface area (Å²) >= 11 is 0. The van der Waals surface area contributed by atoms with Crippen molar-refractivity contribution in [1.82, 2.24) is 4.57 Å². The maximum absolute atomic E-state index is 14.1. The predicted octanol–water partition coefficient (Wildman–Crippen LogP) is 4.87. The average Bonchev–Trinajstić information content (AvgIpc) is 2.96. The molecular weight excluding hydrogens is 416 g/mol. The van der Waals surface area contributed by atoms with Gasteiger partial charge in [-0.2, -0.15) is 13.2 Å². The molecule has 0 spiro atoms. The van der Waals surface area contributed by atoms with Crippen LogP contribution >= 0.6 is 0 Å². The molecule has 0 aliphatic rings. The number of rotatable bonds is 5. The van der Waals surface area contributed by atoms with E-state index in [1.54, 1.807) is 0 Å². The molecule has 1 heterocycles. The summed E-state index contributed by atoms with van der Waals surface area (Å²) in [5, 5.41) is 10.1. The van der Waals surface area contributed by atoms with Gasteiger partial charge in [-0.1, -0.05) is 13.3 Å². The molecule has 2 aromatic carbocycles. The van der Waals surface area contributed by atoms with E-state index in [0.717, 1.165) is 41.0 Å². The molecular formula is C22H20F4N2O3. The summed E-state index contributed by atoms with van der Waals surface area (Å²) < 4.78 is 53.8. The number of hydrogen-bond acceptors (Lipinski definition) is 3. The number of aromatic hydroxyl groups is 1. The molecule has 3 aromatic rings. The summed E-state index contributed by atoms with van der Waals surface area (Å²) in [4.78, 5) is 25.3. The van der Waals surface area contributed by atoms with Gasteiger partial charge in [0, 0.05) is 22.7 Å².